The lowest BCUT2D eigenvalue weighted by molar-refractivity contribution is -0.140. The third-order valence-corrected chi connectivity index (χ3v) is 5.68. The van der Waals surface area contributed by atoms with Crippen molar-refractivity contribution in [3.05, 3.63) is 65.5 Å². The second-order valence-electron chi connectivity index (χ2n) is 8.60. The van der Waals surface area contributed by atoms with Crippen LogP contribution >= 0.6 is 0 Å². The number of aromatic nitrogens is 1. The van der Waals surface area contributed by atoms with Crippen molar-refractivity contribution < 1.29 is 24.2 Å². The van der Waals surface area contributed by atoms with Crippen LogP contribution in [0.3, 0.4) is 0 Å². The van der Waals surface area contributed by atoms with Crippen LogP contribution in [-0.4, -0.2) is 52.5 Å². The van der Waals surface area contributed by atoms with E-state index in [1.54, 1.807) is 42.7 Å². The average molecular weight is 437 g/mol. The Morgan fingerprint density at radius 3 is 2.66 bits per heavy atom. The van der Waals surface area contributed by atoms with Gasteiger partial charge in [0.05, 0.1) is 24.3 Å². The van der Waals surface area contributed by atoms with Gasteiger partial charge in [0.25, 0.3) is 11.7 Å². The highest BCUT2D eigenvalue weighted by atomic mass is 16.5. The average Bonchev–Trinajstić information content (AvgIpc) is 3.40. The Bertz CT molecular complexity index is 995. The molecule has 2 aliphatic heterocycles. The number of Topliss-reactive ketones (excluding diaryl/α,β-unsaturated/α-hetero) is 1. The van der Waals surface area contributed by atoms with E-state index in [4.69, 9.17) is 9.47 Å². The maximum Gasteiger partial charge on any atom is 0.295 e. The minimum absolute atomic E-state index is 0.0665. The molecule has 0 spiro atoms. The van der Waals surface area contributed by atoms with Crippen molar-refractivity contribution >= 4 is 17.4 Å². The molecule has 7 heteroatoms. The lowest BCUT2D eigenvalue weighted by Crippen LogP contribution is -2.36. The zero-order valence-corrected chi connectivity index (χ0v) is 18.4. The largest absolute Gasteiger partial charge is 0.507 e. The van der Waals surface area contributed by atoms with Gasteiger partial charge >= 0.3 is 0 Å². The van der Waals surface area contributed by atoms with E-state index in [9.17, 15) is 14.7 Å². The van der Waals surface area contributed by atoms with Gasteiger partial charge in [0.2, 0.25) is 0 Å². The molecule has 2 unspecified atom stereocenters. The molecule has 2 saturated heterocycles. The molecule has 7 nitrogen and oxygen atoms in total. The number of amides is 1. The molecule has 32 heavy (non-hydrogen) atoms. The molecular formula is C25H28N2O5. The molecule has 168 valence electrons. The van der Waals surface area contributed by atoms with Gasteiger partial charge in [0.15, 0.2) is 0 Å². The summed E-state index contributed by atoms with van der Waals surface area (Å²) in [6, 6.07) is 9.73. The Balaban J connectivity index is 1.70. The first-order valence-corrected chi connectivity index (χ1v) is 11.0. The van der Waals surface area contributed by atoms with Gasteiger partial charge < -0.3 is 19.5 Å². The molecular weight excluding hydrogens is 408 g/mol. The van der Waals surface area contributed by atoms with Crippen LogP contribution in [0.15, 0.2) is 54.4 Å². The number of aliphatic hydroxyl groups is 1. The van der Waals surface area contributed by atoms with Crippen molar-refractivity contribution in [2.24, 2.45) is 5.92 Å². The van der Waals surface area contributed by atoms with Gasteiger partial charge in [-0.25, -0.2) is 0 Å². The van der Waals surface area contributed by atoms with E-state index in [0.717, 1.165) is 12.8 Å². The second-order valence-corrected chi connectivity index (χ2v) is 8.60. The number of ether oxygens (including phenoxy) is 2. The van der Waals surface area contributed by atoms with Gasteiger partial charge in [-0.05, 0) is 54.7 Å². The van der Waals surface area contributed by atoms with Crippen LogP contribution in [0.5, 0.6) is 5.75 Å². The Morgan fingerprint density at radius 2 is 2.03 bits per heavy atom. The number of hydrogen-bond acceptors (Lipinski definition) is 6. The van der Waals surface area contributed by atoms with Gasteiger partial charge in [-0.15, -0.1) is 0 Å². The van der Waals surface area contributed by atoms with Crippen molar-refractivity contribution in [1.29, 1.82) is 0 Å². The molecule has 1 N–H and O–H groups in total. The number of nitrogens with zero attached hydrogens (tertiary/aromatic N) is 2. The SMILES string of the molecule is CC(C)COc1ccc(/C(O)=C2/C(=O)C(=O)N(CC3CCCO3)C2c2cccnc2)cc1. The summed E-state index contributed by atoms with van der Waals surface area (Å²) in [7, 11) is 0. The summed E-state index contributed by atoms with van der Waals surface area (Å²) in [5.74, 6) is -0.468. The van der Waals surface area contributed by atoms with Crippen molar-refractivity contribution in [3.63, 3.8) is 0 Å². The predicted molar refractivity (Wildman–Crippen MR) is 119 cm³/mol. The number of rotatable bonds is 7. The van der Waals surface area contributed by atoms with Gasteiger partial charge in [0.1, 0.15) is 11.5 Å². The Kier molecular flexibility index (Phi) is 6.55. The quantitative estimate of drug-likeness (QED) is 0.404. The number of carbonyl (C=O) groups is 2. The smallest absolute Gasteiger partial charge is 0.295 e. The van der Waals surface area contributed by atoms with E-state index in [-0.39, 0.29) is 17.4 Å². The fourth-order valence-corrected chi connectivity index (χ4v) is 4.09. The molecule has 2 atom stereocenters. The van der Waals surface area contributed by atoms with E-state index >= 15 is 0 Å². The second kappa shape index (κ2) is 9.53. The summed E-state index contributed by atoms with van der Waals surface area (Å²) in [4.78, 5) is 31.7. The molecule has 0 aliphatic carbocycles. The van der Waals surface area contributed by atoms with Crippen LogP contribution in [0, 0.1) is 5.92 Å². The summed E-state index contributed by atoms with van der Waals surface area (Å²) in [5, 5.41) is 11.1. The van der Waals surface area contributed by atoms with Crippen LogP contribution in [0.2, 0.25) is 0 Å². The third-order valence-electron chi connectivity index (χ3n) is 5.68. The predicted octanol–water partition coefficient (Wildman–Crippen LogP) is 3.72. The number of ketones is 1. The van der Waals surface area contributed by atoms with Crippen LogP contribution in [0.1, 0.15) is 43.9 Å². The van der Waals surface area contributed by atoms with E-state index < -0.39 is 17.7 Å². The zero-order chi connectivity index (χ0) is 22.7. The number of hydrogen-bond donors (Lipinski definition) is 1. The highest BCUT2D eigenvalue weighted by Crippen LogP contribution is 2.39. The number of pyridine rings is 1. The number of aliphatic hydroxyl groups excluding tert-OH is 1. The maximum atomic E-state index is 13.0. The van der Waals surface area contributed by atoms with Crippen molar-refractivity contribution in [2.45, 2.75) is 38.8 Å². The summed E-state index contributed by atoms with van der Waals surface area (Å²) in [6.45, 7) is 5.66. The Labute approximate surface area is 187 Å². The molecule has 0 saturated carbocycles. The van der Waals surface area contributed by atoms with Gasteiger partial charge in [0, 0.05) is 31.1 Å². The fraction of sp³-hybridized carbons (Fsp3) is 0.400. The third kappa shape index (κ3) is 4.53. The van der Waals surface area contributed by atoms with Crippen LogP contribution < -0.4 is 4.74 Å². The fourth-order valence-electron chi connectivity index (χ4n) is 4.09. The summed E-state index contributed by atoms with van der Waals surface area (Å²) >= 11 is 0. The van der Waals surface area contributed by atoms with Crippen LogP contribution in [0.25, 0.3) is 5.76 Å². The van der Waals surface area contributed by atoms with Crippen molar-refractivity contribution in [2.75, 3.05) is 19.8 Å². The van der Waals surface area contributed by atoms with Gasteiger partial charge in [-0.3, -0.25) is 14.6 Å². The molecule has 1 aromatic heterocycles. The van der Waals surface area contributed by atoms with Crippen LogP contribution in [-0.2, 0) is 14.3 Å². The molecule has 3 heterocycles. The topological polar surface area (TPSA) is 89.0 Å². The van der Waals surface area contributed by atoms with E-state index in [0.29, 0.717) is 42.6 Å². The Hall–Kier alpha value is -3.19. The minimum Gasteiger partial charge on any atom is -0.507 e. The number of benzene rings is 1. The van der Waals surface area contributed by atoms with E-state index in [2.05, 4.69) is 18.8 Å². The summed E-state index contributed by atoms with van der Waals surface area (Å²) < 4.78 is 11.4. The highest BCUT2D eigenvalue weighted by molar-refractivity contribution is 6.46. The molecule has 1 amide bonds. The number of likely N-dealkylation sites (tertiary alicyclic amines) is 1. The molecule has 4 rings (SSSR count). The molecule has 1 aromatic carbocycles. The standard InChI is InChI=1S/C25H28N2O5/c1-16(2)15-32-19-9-7-17(8-10-19)23(28)21-22(18-5-3-11-26-13-18)27(25(30)24(21)29)14-20-6-4-12-31-20/h3,5,7-11,13,16,20,22,28H,4,6,12,14-15H2,1-2H3/b23-21-. The highest BCUT2D eigenvalue weighted by Gasteiger charge is 2.47. The van der Waals surface area contributed by atoms with E-state index in [1.165, 1.54) is 4.90 Å². The minimum atomic E-state index is -0.718. The Morgan fingerprint density at radius 1 is 1.25 bits per heavy atom. The maximum absolute atomic E-state index is 13.0. The monoisotopic (exact) mass is 436 g/mol. The van der Waals surface area contributed by atoms with Crippen molar-refractivity contribution in [1.82, 2.24) is 9.88 Å². The molecule has 2 aliphatic rings. The lowest BCUT2D eigenvalue weighted by Gasteiger charge is -2.27. The molecule has 2 aromatic rings. The first-order chi connectivity index (χ1) is 15.5. The lowest BCUT2D eigenvalue weighted by atomic mass is 9.96. The van der Waals surface area contributed by atoms with Crippen LogP contribution in [0.4, 0.5) is 0 Å². The molecule has 2 fully saturated rings. The first-order valence-electron chi connectivity index (χ1n) is 11.0. The summed E-state index contributed by atoms with van der Waals surface area (Å²) in [6.07, 6.45) is 4.89. The first kappa shape index (κ1) is 22.0. The molecule has 0 bridgehead atoms. The van der Waals surface area contributed by atoms with E-state index in [1.807, 2.05) is 6.07 Å². The summed E-state index contributed by atoms with van der Waals surface area (Å²) in [5.41, 5.74) is 1.19. The number of carbonyl (C=O) groups excluding carboxylic acids is 2. The zero-order valence-electron chi connectivity index (χ0n) is 18.4. The van der Waals surface area contributed by atoms with Gasteiger partial charge in [-0.1, -0.05) is 19.9 Å². The normalized spacial score (nSPS) is 22.7. The van der Waals surface area contributed by atoms with Gasteiger partial charge in [-0.2, -0.15) is 0 Å². The molecule has 0 radical (unpaired) electrons. The van der Waals surface area contributed by atoms with Crippen molar-refractivity contribution in [3.8, 4) is 5.75 Å².